The van der Waals surface area contributed by atoms with Crippen LogP contribution in [0.15, 0.2) is 60.9 Å². The summed E-state index contributed by atoms with van der Waals surface area (Å²) in [7, 11) is 0. The zero-order valence-electron chi connectivity index (χ0n) is 11.3. The van der Waals surface area contributed by atoms with Gasteiger partial charge in [0.05, 0.1) is 12.6 Å². The molecule has 1 aromatic heterocycles. The molecule has 1 atom stereocenters. The first-order valence-electron chi connectivity index (χ1n) is 6.73. The number of rotatable bonds is 4. The van der Waals surface area contributed by atoms with Crippen LogP contribution in [0.4, 0.5) is 5.69 Å². The Balaban J connectivity index is 1.98. The van der Waals surface area contributed by atoms with Crippen molar-refractivity contribution in [3.8, 4) is 0 Å². The molecule has 3 aromatic rings. The van der Waals surface area contributed by atoms with Gasteiger partial charge in [-0.25, -0.2) is 0 Å². The van der Waals surface area contributed by atoms with Crippen molar-refractivity contribution in [3.05, 3.63) is 71.5 Å². The van der Waals surface area contributed by atoms with Crippen molar-refractivity contribution >= 4 is 28.1 Å². The van der Waals surface area contributed by atoms with Crippen LogP contribution >= 0.6 is 11.6 Å². The standard InChI is InChI=1S/C17H15ClN2O/c18-13-5-3-6-14(8-13)20-17(11-21)16-10-19-9-12-4-1-2-7-15(12)16/h1-10,17,20-21H,11H2. The number of hydrogen-bond acceptors (Lipinski definition) is 3. The maximum atomic E-state index is 9.75. The van der Waals surface area contributed by atoms with Crippen molar-refractivity contribution in [3.63, 3.8) is 0 Å². The molecule has 21 heavy (non-hydrogen) atoms. The number of hydrogen-bond donors (Lipinski definition) is 2. The molecule has 106 valence electrons. The molecular formula is C17H15ClN2O. The molecule has 1 heterocycles. The normalized spacial score (nSPS) is 12.3. The first kappa shape index (κ1) is 13.9. The van der Waals surface area contributed by atoms with E-state index in [0.29, 0.717) is 5.02 Å². The number of nitrogens with zero attached hydrogens (tertiary/aromatic N) is 1. The van der Waals surface area contributed by atoms with Gasteiger partial charge in [0.15, 0.2) is 0 Å². The summed E-state index contributed by atoms with van der Waals surface area (Å²) < 4.78 is 0. The fourth-order valence-corrected chi connectivity index (χ4v) is 2.61. The number of aromatic nitrogens is 1. The molecule has 0 aliphatic carbocycles. The molecule has 0 aliphatic rings. The zero-order chi connectivity index (χ0) is 14.7. The molecule has 3 nitrogen and oxygen atoms in total. The van der Waals surface area contributed by atoms with Gasteiger partial charge in [0.1, 0.15) is 0 Å². The van der Waals surface area contributed by atoms with Gasteiger partial charge in [-0.2, -0.15) is 0 Å². The Morgan fingerprint density at radius 3 is 2.76 bits per heavy atom. The number of aliphatic hydroxyl groups excluding tert-OH is 1. The molecule has 0 saturated heterocycles. The minimum absolute atomic E-state index is 0.0256. The van der Waals surface area contributed by atoms with Crippen molar-refractivity contribution in [2.24, 2.45) is 0 Å². The highest BCUT2D eigenvalue weighted by molar-refractivity contribution is 6.30. The van der Waals surface area contributed by atoms with Crippen LogP contribution in [0.25, 0.3) is 10.8 Å². The monoisotopic (exact) mass is 298 g/mol. The number of halogens is 1. The summed E-state index contributed by atoms with van der Waals surface area (Å²) in [4.78, 5) is 4.26. The molecule has 4 heteroatoms. The van der Waals surface area contributed by atoms with E-state index >= 15 is 0 Å². The van der Waals surface area contributed by atoms with Crippen LogP contribution < -0.4 is 5.32 Å². The maximum absolute atomic E-state index is 9.75. The van der Waals surface area contributed by atoms with Crippen LogP contribution in [0.5, 0.6) is 0 Å². The number of aliphatic hydroxyl groups is 1. The number of benzene rings is 2. The van der Waals surface area contributed by atoms with Gasteiger partial charge in [0.25, 0.3) is 0 Å². The van der Waals surface area contributed by atoms with Crippen molar-refractivity contribution in [2.45, 2.75) is 6.04 Å². The summed E-state index contributed by atoms with van der Waals surface area (Å²) in [5, 5.41) is 15.9. The average molecular weight is 299 g/mol. The van der Waals surface area contributed by atoms with Gasteiger partial charge in [-0.15, -0.1) is 0 Å². The third-order valence-corrected chi connectivity index (χ3v) is 3.66. The molecule has 2 N–H and O–H groups in total. The molecule has 3 rings (SSSR count). The fourth-order valence-electron chi connectivity index (χ4n) is 2.42. The lowest BCUT2D eigenvalue weighted by molar-refractivity contribution is 0.276. The molecular weight excluding hydrogens is 284 g/mol. The number of fused-ring (bicyclic) bond motifs is 1. The van der Waals surface area contributed by atoms with E-state index in [9.17, 15) is 5.11 Å². The molecule has 1 unspecified atom stereocenters. The predicted octanol–water partition coefficient (Wildman–Crippen LogP) is 4.03. The summed E-state index contributed by atoms with van der Waals surface area (Å²) in [6.45, 7) is -0.0256. The second-order valence-corrected chi connectivity index (χ2v) is 5.28. The molecule has 0 aliphatic heterocycles. The quantitative estimate of drug-likeness (QED) is 0.764. The van der Waals surface area contributed by atoms with Gasteiger partial charge >= 0.3 is 0 Å². The lowest BCUT2D eigenvalue weighted by atomic mass is 10.0. The average Bonchev–Trinajstić information content (AvgIpc) is 2.52. The van der Waals surface area contributed by atoms with E-state index < -0.39 is 0 Å². The second kappa shape index (κ2) is 6.12. The summed E-state index contributed by atoms with van der Waals surface area (Å²) in [6.07, 6.45) is 3.62. The Morgan fingerprint density at radius 2 is 1.95 bits per heavy atom. The Bertz CT molecular complexity index is 755. The SMILES string of the molecule is OCC(Nc1cccc(Cl)c1)c1cncc2ccccc12. The topological polar surface area (TPSA) is 45.1 Å². The molecule has 0 radical (unpaired) electrons. The predicted molar refractivity (Wildman–Crippen MR) is 86.6 cm³/mol. The fraction of sp³-hybridized carbons (Fsp3) is 0.118. The Labute approximate surface area is 128 Å². The van der Waals surface area contributed by atoms with Gasteiger partial charge in [-0.1, -0.05) is 41.9 Å². The van der Waals surface area contributed by atoms with E-state index in [-0.39, 0.29) is 12.6 Å². The van der Waals surface area contributed by atoms with Gasteiger partial charge < -0.3 is 10.4 Å². The molecule has 2 aromatic carbocycles. The highest BCUT2D eigenvalue weighted by atomic mass is 35.5. The van der Waals surface area contributed by atoms with Crippen LogP contribution in [-0.2, 0) is 0 Å². The van der Waals surface area contributed by atoms with Gasteiger partial charge in [-0.3, -0.25) is 4.98 Å². The molecule has 0 bridgehead atoms. The second-order valence-electron chi connectivity index (χ2n) is 4.84. The largest absolute Gasteiger partial charge is 0.394 e. The van der Waals surface area contributed by atoms with Crippen molar-refractivity contribution in [2.75, 3.05) is 11.9 Å². The number of anilines is 1. The van der Waals surface area contributed by atoms with Gasteiger partial charge in [-0.05, 0) is 23.6 Å². The lowest BCUT2D eigenvalue weighted by Crippen LogP contribution is -2.15. The summed E-state index contributed by atoms with van der Waals surface area (Å²) in [5.74, 6) is 0. The van der Waals surface area contributed by atoms with Crippen LogP contribution in [0.1, 0.15) is 11.6 Å². The lowest BCUT2D eigenvalue weighted by Gasteiger charge is -2.19. The van der Waals surface area contributed by atoms with Crippen LogP contribution in [0.2, 0.25) is 5.02 Å². The molecule has 0 fully saturated rings. The third kappa shape index (κ3) is 2.99. The van der Waals surface area contributed by atoms with E-state index in [1.807, 2.05) is 54.7 Å². The van der Waals surface area contributed by atoms with E-state index in [4.69, 9.17) is 11.6 Å². The molecule has 0 amide bonds. The molecule has 0 saturated carbocycles. The Kier molecular flexibility index (Phi) is 4.04. The summed E-state index contributed by atoms with van der Waals surface area (Å²) >= 11 is 6.00. The van der Waals surface area contributed by atoms with Gasteiger partial charge in [0, 0.05) is 34.1 Å². The van der Waals surface area contributed by atoms with Crippen molar-refractivity contribution in [1.29, 1.82) is 0 Å². The Hall–Kier alpha value is -2.10. The summed E-state index contributed by atoms with van der Waals surface area (Å²) in [5.41, 5.74) is 1.84. The minimum atomic E-state index is -0.234. The van der Waals surface area contributed by atoms with Crippen LogP contribution in [-0.4, -0.2) is 16.7 Å². The highest BCUT2D eigenvalue weighted by Crippen LogP contribution is 2.26. The van der Waals surface area contributed by atoms with E-state index in [1.54, 1.807) is 6.20 Å². The van der Waals surface area contributed by atoms with Crippen molar-refractivity contribution < 1.29 is 5.11 Å². The smallest absolute Gasteiger partial charge is 0.0765 e. The first-order chi connectivity index (χ1) is 10.3. The Morgan fingerprint density at radius 1 is 1.10 bits per heavy atom. The van der Waals surface area contributed by atoms with E-state index in [2.05, 4.69) is 10.3 Å². The van der Waals surface area contributed by atoms with E-state index in [0.717, 1.165) is 22.0 Å². The number of pyridine rings is 1. The maximum Gasteiger partial charge on any atom is 0.0765 e. The van der Waals surface area contributed by atoms with Crippen molar-refractivity contribution in [1.82, 2.24) is 4.98 Å². The van der Waals surface area contributed by atoms with Crippen LogP contribution in [0.3, 0.4) is 0 Å². The first-order valence-corrected chi connectivity index (χ1v) is 7.11. The molecule has 0 spiro atoms. The van der Waals surface area contributed by atoms with Gasteiger partial charge in [0.2, 0.25) is 0 Å². The minimum Gasteiger partial charge on any atom is -0.394 e. The highest BCUT2D eigenvalue weighted by Gasteiger charge is 2.14. The zero-order valence-corrected chi connectivity index (χ0v) is 12.1. The van der Waals surface area contributed by atoms with E-state index in [1.165, 1.54) is 0 Å². The van der Waals surface area contributed by atoms with Crippen LogP contribution in [0, 0.1) is 0 Å². The summed E-state index contributed by atoms with van der Waals surface area (Å²) in [6, 6.07) is 15.2. The number of nitrogens with one attached hydrogen (secondary N) is 1. The third-order valence-electron chi connectivity index (χ3n) is 3.42.